The molecule has 0 aliphatic carbocycles. The first-order chi connectivity index (χ1) is 6.56. The highest BCUT2D eigenvalue weighted by atomic mass is 79.9. The summed E-state index contributed by atoms with van der Waals surface area (Å²) in [5.41, 5.74) is 0. The predicted molar refractivity (Wildman–Crippen MR) is 54.3 cm³/mol. The van der Waals surface area contributed by atoms with Crippen molar-refractivity contribution in [3.05, 3.63) is 0 Å². The normalized spacial score (nSPS) is 18.6. The van der Waals surface area contributed by atoms with Gasteiger partial charge in [-0.2, -0.15) is 0 Å². The minimum atomic E-state index is -0.654. The summed E-state index contributed by atoms with van der Waals surface area (Å²) in [5, 5.41) is -0.316. The number of halogens is 1. The molecular formula is C7H8BrNO4S. The highest BCUT2D eigenvalue weighted by molar-refractivity contribution is 9.10. The molecule has 1 atom stereocenters. The van der Waals surface area contributed by atoms with E-state index in [1.807, 2.05) is 0 Å². The van der Waals surface area contributed by atoms with Gasteiger partial charge in [0.2, 0.25) is 5.91 Å². The molecule has 0 aromatic carbocycles. The molecule has 0 radical (unpaired) electrons. The first-order valence-electron chi connectivity index (χ1n) is 3.75. The number of esters is 1. The number of hydrogen-bond donors (Lipinski definition) is 0. The van der Waals surface area contributed by atoms with Gasteiger partial charge in [-0.3, -0.25) is 19.3 Å². The Labute approximate surface area is 93.3 Å². The summed E-state index contributed by atoms with van der Waals surface area (Å²) in [7, 11) is 1.25. The monoisotopic (exact) mass is 281 g/mol. The largest absolute Gasteiger partial charge is 0.468 e. The number of amides is 2. The molecule has 7 heteroatoms. The van der Waals surface area contributed by atoms with Gasteiger partial charge in [0, 0.05) is 0 Å². The molecule has 1 aliphatic rings. The quantitative estimate of drug-likeness (QED) is 0.561. The Morgan fingerprint density at radius 3 is 2.79 bits per heavy atom. The van der Waals surface area contributed by atoms with Crippen molar-refractivity contribution in [3.8, 4) is 0 Å². The lowest BCUT2D eigenvalue weighted by atomic mass is 10.4. The molecule has 5 nitrogen and oxygen atoms in total. The van der Waals surface area contributed by atoms with Crippen molar-refractivity contribution in [1.29, 1.82) is 0 Å². The number of methoxy groups -OCH3 is 1. The third-order valence-electron chi connectivity index (χ3n) is 1.64. The van der Waals surface area contributed by atoms with E-state index in [1.165, 1.54) is 7.11 Å². The summed E-state index contributed by atoms with van der Waals surface area (Å²) in [5.74, 6) is -0.615. The maximum Gasteiger partial charge on any atom is 0.321 e. The van der Waals surface area contributed by atoms with Gasteiger partial charge in [0.25, 0.3) is 5.24 Å². The van der Waals surface area contributed by atoms with Crippen molar-refractivity contribution in [2.45, 2.75) is 4.83 Å². The molecule has 2 amide bonds. The summed E-state index contributed by atoms with van der Waals surface area (Å²) in [6.07, 6.45) is 0. The Morgan fingerprint density at radius 2 is 2.36 bits per heavy atom. The standard InChI is InChI=1S/C7H8BrNO4S/c1-13-6(11)4(8)2-9-5(10)3-14-7(9)12/h4H,2-3H2,1H3. The molecule has 0 bridgehead atoms. The van der Waals surface area contributed by atoms with Gasteiger partial charge in [-0.05, 0) is 0 Å². The lowest BCUT2D eigenvalue weighted by molar-refractivity contribution is -0.140. The number of nitrogens with zero attached hydrogens (tertiary/aromatic N) is 1. The van der Waals surface area contributed by atoms with E-state index in [0.717, 1.165) is 16.7 Å². The van der Waals surface area contributed by atoms with Crippen LogP contribution in [0, 0.1) is 0 Å². The second kappa shape index (κ2) is 4.79. The van der Waals surface area contributed by atoms with E-state index in [4.69, 9.17) is 0 Å². The molecule has 14 heavy (non-hydrogen) atoms. The third-order valence-corrected chi connectivity index (χ3v) is 3.16. The van der Waals surface area contributed by atoms with Gasteiger partial charge in [0.05, 0.1) is 19.4 Å². The molecule has 1 heterocycles. The van der Waals surface area contributed by atoms with Gasteiger partial charge in [-0.25, -0.2) is 0 Å². The van der Waals surface area contributed by atoms with Crippen LogP contribution in [0.1, 0.15) is 0 Å². The van der Waals surface area contributed by atoms with Crippen molar-refractivity contribution in [2.24, 2.45) is 0 Å². The Balaban J connectivity index is 2.55. The highest BCUT2D eigenvalue weighted by Crippen LogP contribution is 2.20. The zero-order valence-electron chi connectivity index (χ0n) is 7.36. The average molecular weight is 282 g/mol. The smallest absolute Gasteiger partial charge is 0.321 e. The van der Waals surface area contributed by atoms with Crippen LogP contribution in [-0.4, -0.2) is 46.3 Å². The molecule has 1 aliphatic heterocycles. The molecule has 1 unspecified atom stereocenters. The van der Waals surface area contributed by atoms with E-state index in [0.29, 0.717) is 0 Å². The summed E-state index contributed by atoms with van der Waals surface area (Å²) in [6, 6.07) is 0. The van der Waals surface area contributed by atoms with E-state index in [1.54, 1.807) is 0 Å². The minimum absolute atomic E-state index is 0.0251. The van der Waals surface area contributed by atoms with Crippen LogP contribution >= 0.6 is 27.7 Å². The van der Waals surface area contributed by atoms with Crippen LogP contribution in [0.5, 0.6) is 0 Å². The van der Waals surface area contributed by atoms with Crippen molar-refractivity contribution >= 4 is 44.8 Å². The van der Waals surface area contributed by atoms with Gasteiger partial charge in [0.15, 0.2) is 0 Å². The SMILES string of the molecule is COC(=O)C(Br)CN1C(=O)CSC1=O. The van der Waals surface area contributed by atoms with Crippen molar-refractivity contribution in [3.63, 3.8) is 0 Å². The first-order valence-corrected chi connectivity index (χ1v) is 5.65. The summed E-state index contributed by atoms with van der Waals surface area (Å²) >= 11 is 3.98. The first kappa shape index (κ1) is 11.5. The maximum atomic E-state index is 11.1. The number of alkyl halides is 1. The fraction of sp³-hybridized carbons (Fsp3) is 0.571. The molecule has 1 fully saturated rings. The zero-order chi connectivity index (χ0) is 10.7. The average Bonchev–Trinajstić information content (AvgIpc) is 2.48. The Bertz CT molecular complexity index is 267. The molecule has 0 spiro atoms. The molecule has 78 valence electrons. The summed E-state index contributed by atoms with van der Waals surface area (Å²) in [6.45, 7) is 0.0251. The van der Waals surface area contributed by atoms with E-state index < -0.39 is 10.8 Å². The van der Waals surface area contributed by atoms with Gasteiger partial charge in [-0.1, -0.05) is 27.7 Å². The van der Waals surface area contributed by atoms with E-state index in [9.17, 15) is 14.4 Å². The van der Waals surface area contributed by atoms with Crippen LogP contribution < -0.4 is 0 Å². The van der Waals surface area contributed by atoms with Crippen molar-refractivity contribution < 1.29 is 19.1 Å². The number of rotatable bonds is 3. The minimum Gasteiger partial charge on any atom is -0.468 e. The highest BCUT2D eigenvalue weighted by Gasteiger charge is 2.33. The lowest BCUT2D eigenvalue weighted by Crippen LogP contribution is -2.37. The molecule has 0 aromatic rings. The van der Waals surface area contributed by atoms with Gasteiger partial charge < -0.3 is 4.74 Å². The maximum absolute atomic E-state index is 11.1. The van der Waals surface area contributed by atoms with Gasteiger partial charge in [-0.15, -0.1) is 0 Å². The van der Waals surface area contributed by atoms with E-state index >= 15 is 0 Å². The predicted octanol–water partition coefficient (Wildman–Crippen LogP) is 0.618. The molecule has 0 saturated carbocycles. The number of imide groups is 1. The van der Waals surface area contributed by atoms with Crippen LogP contribution in [0.4, 0.5) is 4.79 Å². The molecule has 1 rings (SSSR count). The molecule has 0 aromatic heterocycles. The van der Waals surface area contributed by atoms with Crippen LogP contribution in [0.2, 0.25) is 0 Å². The zero-order valence-corrected chi connectivity index (χ0v) is 9.76. The Morgan fingerprint density at radius 1 is 1.71 bits per heavy atom. The number of carbonyl (C=O) groups excluding carboxylic acids is 3. The second-order valence-corrected chi connectivity index (χ2v) is 4.58. The van der Waals surface area contributed by atoms with Crippen LogP contribution in [0.15, 0.2) is 0 Å². The lowest BCUT2D eigenvalue weighted by Gasteiger charge is -2.15. The van der Waals surface area contributed by atoms with Crippen molar-refractivity contribution in [2.75, 3.05) is 19.4 Å². The molecule has 1 saturated heterocycles. The van der Waals surface area contributed by atoms with Crippen molar-refractivity contribution in [1.82, 2.24) is 4.90 Å². The van der Waals surface area contributed by atoms with E-state index in [-0.39, 0.29) is 23.4 Å². The van der Waals surface area contributed by atoms with Crippen LogP contribution in [0.25, 0.3) is 0 Å². The van der Waals surface area contributed by atoms with Gasteiger partial charge >= 0.3 is 5.97 Å². The van der Waals surface area contributed by atoms with E-state index in [2.05, 4.69) is 20.7 Å². The fourth-order valence-corrected chi connectivity index (χ4v) is 2.13. The van der Waals surface area contributed by atoms with Crippen LogP contribution in [0.3, 0.4) is 0 Å². The second-order valence-electron chi connectivity index (χ2n) is 2.55. The number of hydrogen-bond acceptors (Lipinski definition) is 5. The fourth-order valence-electron chi connectivity index (χ4n) is 0.920. The number of ether oxygens (including phenoxy) is 1. The van der Waals surface area contributed by atoms with Crippen LogP contribution in [-0.2, 0) is 14.3 Å². The third kappa shape index (κ3) is 2.48. The summed E-state index contributed by atoms with van der Waals surface area (Å²) in [4.78, 5) is 33.6. The Kier molecular flexibility index (Phi) is 3.94. The molecular weight excluding hydrogens is 274 g/mol. The Hall–Kier alpha value is -0.560. The number of thioether (sulfide) groups is 1. The number of carbonyl (C=O) groups is 3. The van der Waals surface area contributed by atoms with Gasteiger partial charge in [0.1, 0.15) is 4.83 Å². The summed E-state index contributed by atoms with van der Waals surface area (Å²) < 4.78 is 4.45. The topological polar surface area (TPSA) is 63.7 Å². The molecule has 0 N–H and O–H groups in total.